The third kappa shape index (κ3) is 3.91. The highest BCUT2D eigenvalue weighted by Crippen LogP contribution is 2.38. The Morgan fingerprint density at radius 1 is 1.27 bits per heavy atom. The fraction of sp³-hybridized carbons (Fsp3) is 0.263. The number of allylic oxidation sites excluding steroid dienone is 1. The molecule has 11 heteroatoms. The second-order valence-corrected chi connectivity index (χ2v) is 6.57. The second-order valence-electron chi connectivity index (χ2n) is 6.57. The lowest BCUT2D eigenvalue weighted by Crippen LogP contribution is -2.31. The SMILES string of the molecule is COc1cc2nccc(OC3C=C(C(F)(F)F)C([N+](=O)[O-])=CC3C)c2cc1C(N)=O. The molecule has 8 nitrogen and oxygen atoms in total. The van der Waals surface area contributed by atoms with Crippen molar-refractivity contribution in [3.8, 4) is 11.5 Å². The molecule has 0 bridgehead atoms. The summed E-state index contributed by atoms with van der Waals surface area (Å²) >= 11 is 0. The lowest BCUT2D eigenvalue weighted by molar-refractivity contribution is -0.425. The Morgan fingerprint density at radius 3 is 2.53 bits per heavy atom. The van der Waals surface area contributed by atoms with Gasteiger partial charge in [-0.25, -0.2) is 0 Å². The number of halogens is 3. The van der Waals surface area contributed by atoms with Crippen molar-refractivity contribution < 1.29 is 32.4 Å². The first-order valence-electron chi connectivity index (χ1n) is 8.61. The highest BCUT2D eigenvalue weighted by Gasteiger charge is 2.45. The van der Waals surface area contributed by atoms with Crippen LogP contribution in [0, 0.1) is 16.0 Å². The van der Waals surface area contributed by atoms with Gasteiger partial charge in [0, 0.05) is 29.6 Å². The zero-order chi connectivity index (χ0) is 22.2. The van der Waals surface area contributed by atoms with Crippen LogP contribution in [0.3, 0.4) is 0 Å². The van der Waals surface area contributed by atoms with Crippen LogP contribution in [0.1, 0.15) is 17.3 Å². The van der Waals surface area contributed by atoms with Crippen molar-refractivity contribution in [1.29, 1.82) is 0 Å². The topological polar surface area (TPSA) is 118 Å². The third-order valence-corrected chi connectivity index (χ3v) is 4.60. The van der Waals surface area contributed by atoms with E-state index in [0.29, 0.717) is 17.0 Å². The van der Waals surface area contributed by atoms with Gasteiger partial charge in [-0.1, -0.05) is 6.92 Å². The Hall–Kier alpha value is -3.63. The van der Waals surface area contributed by atoms with Gasteiger partial charge in [0.25, 0.3) is 11.6 Å². The van der Waals surface area contributed by atoms with Gasteiger partial charge in [-0.15, -0.1) is 0 Å². The molecule has 2 atom stereocenters. The first kappa shape index (κ1) is 21.1. The van der Waals surface area contributed by atoms with Crippen molar-refractivity contribution in [2.75, 3.05) is 7.11 Å². The van der Waals surface area contributed by atoms with Gasteiger partial charge >= 0.3 is 6.18 Å². The van der Waals surface area contributed by atoms with E-state index in [9.17, 15) is 28.1 Å². The van der Waals surface area contributed by atoms with Gasteiger partial charge in [0.2, 0.25) is 0 Å². The summed E-state index contributed by atoms with van der Waals surface area (Å²) in [4.78, 5) is 25.8. The summed E-state index contributed by atoms with van der Waals surface area (Å²) in [5, 5.41) is 11.4. The van der Waals surface area contributed by atoms with Crippen molar-refractivity contribution in [2.24, 2.45) is 11.7 Å². The molecule has 1 aromatic carbocycles. The first-order valence-corrected chi connectivity index (χ1v) is 8.61. The van der Waals surface area contributed by atoms with E-state index >= 15 is 0 Å². The van der Waals surface area contributed by atoms with E-state index in [1.165, 1.54) is 38.4 Å². The fourth-order valence-corrected chi connectivity index (χ4v) is 3.13. The minimum atomic E-state index is -4.92. The van der Waals surface area contributed by atoms with E-state index in [4.69, 9.17) is 15.2 Å². The number of primary amides is 1. The van der Waals surface area contributed by atoms with Crippen molar-refractivity contribution in [3.05, 3.63) is 63.5 Å². The van der Waals surface area contributed by atoms with E-state index in [1.54, 1.807) is 0 Å². The molecular weight excluding hydrogens is 407 g/mol. The van der Waals surface area contributed by atoms with E-state index in [2.05, 4.69) is 4.98 Å². The van der Waals surface area contributed by atoms with Gasteiger partial charge < -0.3 is 15.2 Å². The van der Waals surface area contributed by atoms with E-state index in [0.717, 1.165) is 6.08 Å². The largest absolute Gasteiger partial charge is 0.496 e. The number of benzene rings is 1. The summed E-state index contributed by atoms with van der Waals surface area (Å²) in [7, 11) is 1.35. The number of rotatable bonds is 5. The Morgan fingerprint density at radius 2 is 1.97 bits per heavy atom. The number of methoxy groups -OCH3 is 1. The zero-order valence-corrected chi connectivity index (χ0v) is 15.8. The molecule has 1 amide bonds. The maximum absolute atomic E-state index is 13.3. The summed E-state index contributed by atoms with van der Waals surface area (Å²) in [6.45, 7) is 1.50. The van der Waals surface area contributed by atoms with E-state index in [-0.39, 0.29) is 17.1 Å². The Kier molecular flexibility index (Phi) is 5.38. The number of hydrogen-bond acceptors (Lipinski definition) is 6. The number of fused-ring (bicyclic) bond motifs is 1. The van der Waals surface area contributed by atoms with Crippen LogP contribution in [-0.4, -0.2) is 35.2 Å². The average molecular weight is 423 g/mol. The summed E-state index contributed by atoms with van der Waals surface area (Å²) in [6.07, 6.45) is -3.09. The number of amides is 1. The molecular formula is C19H16F3N3O5. The molecule has 2 aromatic rings. The number of nitro groups is 1. The molecule has 1 heterocycles. The summed E-state index contributed by atoms with van der Waals surface area (Å²) in [5.74, 6) is -1.18. The molecule has 1 aliphatic rings. The lowest BCUT2D eigenvalue weighted by atomic mass is 9.92. The molecule has 1 aliphatic carbocycles. The van der Waals surface area contributed by atoms with Crippen LogP contribution >= 0.6 is 0 Å². The molecule has 0 spiro atoms. The van der Waals surface area contributed by atoms with E-state index in [1.807, 2.05) is 0 Å². The summed E-state index contributed by atoms with van der Waals surface area (Å²) < 4.78 is 50.9. The molecule has 0 fully saturated rings. The molecule has 2 unspecified atom stereocenters. The van der Waals surface area contributed by atoms with Crippen LogP contribution in [0.15, 0.2) is 47.8 Å². The minimum absolute atomic E-state index is 0.0431. The highest BCUT2D eigenvalue weighted by molar-refractivity contribution is 6.01. The standard InChI is InChI=1S/C19H16F3N3O5/c1-9-5-14(25(27)28)12(19(20,21)22)7-16(9)30-15-3-4-24-13-8-17(29-2)11(18(23)26)6-10(13)15/h3-9,16H,1-2H3,(H2,23,26). The van der Waals surface area contributed by atoms with Crippen LogP contribution < -0.4 is 15.2 Å². The minimum Gasteiger partial charge on any atom is -0.496 e. The average Bonchev–Trinajstić information content (AvgIpc) is 2.67. The normalized spacial score (nSPS) is 19.1. The Labute approximate surface area is 167 Å². The molecule has 0 saturated carbocycles. The van der Waals surface area contributed by atoms with Crippen molar-refractivity contribution in [2.45, 2.75) is 19.2 Å². The van der Waals surface area contributed by atoms with Crippen LogP contribution in [0.4, 0.5) is 13.2 Å². The van der Waals surface area contributed by atoms with Gasteiger partial charge in [-0.05, 0) is 18.2 Å². The summed E-state index contributed by atoms with van der Waals surface area (Å²) in [6, 6.07) is 4.24. The second kappa shape index (κ2) is 7.65. The number of carbonyl (C=O) groups excluding carboxylic acids is 1. The number of carbonyl (C=O) groups is 1. The van der Waals surface area contributed by atoms with Crippen molar-refractivity contribution in [3.63, 3.8) is 0 Å². The number of alkyl halides is 3. The zero-order valence-electron chi connectivity index (χ0n) is 15.8. The smallest absolute Gasteiger partial charge is 0.422 e. The molecule has 0 saturated heterocycles. The Bertz CT molecular complexity index is 1090. The van der Waals surface area contributed by atoms with Gasteiger partial charge in [0.05, 0.1) is 23.1 Å². The molecule has 3 rings (SSSR count). The molecule has 2 N–H and O–H groups in total. The molecule has 1 aromatic heterocycles. The molecule has 0 aliphatic heterocycles. The van der Waals surface area contributed by atoms with Gasteiger partial charge in [0.1, 0.15) is 23.2 Å². The number of pyridine rings is 1. The predicted octanol–water partition coefficient (Wildman–Crippen LogP) is 3.39. The number of nitrogens with two attached hydrogens (primary N) is 1. The maximum atomic E-state index is 13.3. The van der Waals surface area contributed by atoms with Crippen molar-refractivity contribution in [1.82, 2.24) is 4.98 Å². The van der Waals surface area contributed by atoms with Crippen LogP contribution in [0.5, 0.6) is 11.5 Å². The monoisotopic (exact) mass is 423 g/mol. The van der Waals surface area contributed by atoms with Crippen LogP contribution in [0.2, 0.25) is 0 Å². The molecule has 30 heavy (non-hydrogen) atoms. The molecule has 0 radical (unpaired) electrons. The quantitative estimate of drug-likeness (QED) is 0.582. The Balaban J connectivity index is 2.07. The maximum Gasteiger partial charge on any atom is 0.422 e. The number of hydrogen-bond donors (Lipinski definition) is 1. The van der Waals surface area contributed by atoms with E-state index < -0.39 is 40.3 Å². The van der Waals surface area contributed by atoms with Crippen LogP contribution in [-0.2, 0) is 0 Å². The number of aromatic nitrogens is 1. The van der Waals surface area contributed by atoms with Gasteiger partial charge in [0.15, 0.2) is 0 Å². The highest BCUT2D eigenvalue weighted by atomic mass is 19.4. The lowest BCUT2D eigenvalue weighted by Gasteiger charge is -2.26. The summed E-state index contributed by atoms with van der Waals surface area (Å²) in [5.41, 5.74) is 3.37. The van der Waals surface area contributed by atoms with Gasteiger partial charge in [-0.2, -0.15) is 13.2 Å². The predicted molar refractivity (Wildman–Crippen MR) is 99.6 cm³/mol. The first-order chi connectivity index (χ1) is 14.0. The third-order valence-electron chi connectivity index (χ3n) is 4.60. The number of ether oxygens (including phenoxy) is 2. The fourth-order valence-electron chi connectivity index (χ4n) is 3.13. The van der Waals surface area contributed by atoms with Crippen LogP contribution in [0.25, 0.3) is 10.9 Å². The van der Waals surface area contributed by atoms with Crippen molar-refractivity contribution >= 4 is 16.8 Å². The van der Waals surface area contributed by atoms with Gasteiger partial charge in [-0.3, -0.25) is 19.9 Å². The number of nitrogens with zero attached hydrogens (tertiary/aromatic N) is 2. The molecule has 158 valence electrons.